The number of hydrogen-bond donors (Lipinski definition) is 1. The highest BCUT2D eigenvalue weighted by Crippen LogP contribution is 2.45. The number of thioether (sulfide) groups is 1. The lowest BCUT2D eigenvalue weighted by molar-refractivity contribution is -0.122. The number of piperidine rings is 1. The quantitative estimate of drug-likeness (QED) is 0.502. The average molecular weight is 465 g/mol. The second-order valence-corrected chi connectivity index (χ2v) is 9.85. The molecule has 2 aliphatic rings. The number of carbonyl (C=O) groups is 1. The molecular weight excluding hydrogens is 431 g/mol. The average Bonchev–Trinajstić information content (AvgIpc) is 3.10. The third-order valence-corrected chi connectivity index (χ3v) is 7.54. The molecular formula is C28H33FN2OS. The molecule has 1 aliphatic carbocycles. The van der Waals surface area contributed by atoms with E-state index in [4.69, 9.17) is 0 Å². The summed E-state index contributed by atoms with van der Waals surface area (Å²) < 4.78 is 14.2. The number of carbonyl (C=O) groups excluding carboxylic acids is 1. The molecule has 0 bridgehead atoms. The zero-order valence-electron chi connectivity index (χ0n) is 19.8. The van der Waals surface area contributed by atoms with E-state index in [2.05, 4.69) is 46.8 Å². The number of amides is 1. The number of likely N-dealkylation sites (tertiary alicyclic amines) is 1. The van der Waals surface area contributed by atoms with Gasteiger partial charge < -0.3 is 10.2 Å². The summed E-state index contributed by atoms with van der Waals surface area (Å²) in [6.07, 6.45) is 8.00. The van der Waals surface area contributed by atoms with E-state index >= 15 is 0 Å². The number of benzene rings is 2. The lowest BCUT2D eigenvalue weighted by atomic mass is 9.92. The van der Waals surface area contributed by atoms with Crippen LogP contribution in [0, 0.1) is 11.7 Å². The Kier molecular flexibility index (Phi) is 7.71. The fourth-order valence-electron chi connectivity index (χ4n) is 4.94. The first-order valence-electron chi connectivity index (χ1n) is 11.8. The van der Waals surface area contributed by atoms with Crippen LogP contribution < -0.4 is 5.32 Å². The minimum absolute atomic E-state index is 0.00199. The van der Waals surface area contributed by atoms with Crippen molar-refractivity contribution in [1.82, 2.24) is 10.2 Å². The highest BCUT2D eigenvalue weighted by Gasteiger charge is 2.30. The van der Waals surface area contributed by atoms with Gasteiger partial charge in [0.05, 0.1) is 5.92 Å². The predicted octanol–water partition coefficient (Wildman–Crippen LogP) is 6.11. The largest absolute Gasteiger partial charge is 0.354 e. The molecule has 0 radical (unpaired) electrons. The topological polar surface area (TPSA) is 32.3 Å². The van der Waals surface area contributed by atoms with Crippen molar-refractivity contribution in [1.29, 1.82) is 0 Å². The van der Waals surface area contributed by atoms with Gasteiger partial charge in [-0.1, -0.05) is 24.6 Å². The molecule has 2 aromatic carbocycles. The lowest BCUT2D eigenvalue weighted by Crippen LogP contribution is -2.39. The first-order chi connectivity index (χ1) is 16.0. The van der Waals surface area contributed by atoms with Gasteiger partial charge >= 0.3 is 0 Å². The smallest absolute Gasteiger partial charge is 0.227 e. The van der Waals surface area contributed by atoms with Crippen LogP contribution in [0.3, 0.4) is 0 Å². The minimum atomic E-state index is -0.350. The fraction of sp³-hybridized carbons (Fsp3) is 0.393. The van der Waals surface area contributed by atoms with Gasteiger partial charge in [0.2, 0.25) is 5.91 Å². The van der Waals surface area contributed by atoms with Gasteiger partial charge in [-0.15, -0.1) is 11.8 Å². The number of nitrogens with one attached hydrogen (secondary N) is 1. The molecule has 1 saturated heterocycles. The van der Waals surface area contributed by atoms with Crippen molar-refractivity contribution in [2.75, 3.05) is 32.4 Å². The van der Waals surface area contributed by atoms with Gasteiger partial charge in [-0.25, -0.2) is 4.39 Å². The molecule has 0 aromatic heterocycles. The molecule has 1 heterocycles. The number of hydrogen-bond acceptors (Lipinski definition) is 3. The molecule has 33 heavy (non-hydrogen) atoms. The zero-order valence-corrected chi connectivity index (χ0v) is 20.6. The molecule has 1 amide bonds. The summed E-state index contributed by atoms with van der Waals surface area (Å²) >= 11 is 1.71. The normalized spacial score (nSPS) is 18.5. The van der Waals surface area contributed by atoms with Crippen LogP contribution in [0.1, 0.15) is 49.8 Å². The molecule has 1 atom stereocenters. The number of nitrogens with zero attached hydrogens (tertiary/aromatic N) is 1. The third kappa shape index (κ3) is 5.42. The number of fused-ring (bicyclic) bond motifs is 1. The summed E-state index contributed by atoms with van der Waals surface area (Å²) in [4.78, 5) is 16.7. The van der Waals surface area contributed by atoms with Crippen LogP contribution in [0.15, 0.2) is 52.9 Å². The number of halogens is 1. The van der Waals surface area contributed by atoms with E-state index in [1.165, 1.54) is 30.2 Å². The van der Waals surface area contributed by atoms with Gasteiger partial charge in [-0.2, -0.15) is 0 Å². The highest BCUT2D eigenvalue weighted by atomic mass is 32.2. The molecule has 1 fully saturated rings. The SMILES string of the molecule is CSc1ccc(/C=C2/C(C)=C(C(C)C(=O)NCCN3CCCCC3)c3cc(F)ccc32)cc1. The lowest BCUT2D eigenvalue weighted by Gasteiger charge is -2.26. The standard InChI is InChI=1S/C28H33FN2OS/c1-19-25(17-21-7-10-23(33-3)11-8-21)24-12-9-22(29)18-26(24)27(19)20(2)28(32)30-13-16-31-14-5-4-6-15-31/h7-12,17-18,20H,4-6,13-16H2,1-3H3,(H,30,32)/b25-17-. The van der Waals surface area contributed by atoms with Crippen LogP contribution in [-0.4, -0.2) is 43.2 Å². The van der Waals surface area contributed by atoms with Gasteiger partial charge in [0, 0.05) is 18.0 Å². The Morgan fingerprint density at radius 1 is 1.12 bits per heavy atom. The molecule has 3 nitrogen and oxygen atoms in total. The van der Waals surface area contributed by atoms with E-state index in [0.29, 0.717) is 6.54 Å². The number of rotatable bonds is 7. The second kappa shape index (κ2) is 10.7. The Bertz CT molecular complexity index is 1070. The molecule has 2 aromatic rings. The van der Waals surface area contributed by atoms with Gasteiger partial charge in [0.25, 0.3) is 0 Å². The van der Waals surface area contributed by atoms with Crippen LogP contribution >= 0.6 is 11.8 Å². The minimum Gasteiger partial charge on any atom is -0.354 e. The van der Waals surface area contributed by atoms with Crippen molar-refractivity contribution in [3.8, 4) is 0 Å². The van der Waals surface area contributed by atoms with Crippen molar-refractivity contribution < 1.29 is 9.18 Å². The van der Waals surface area contributed by atoms with Gasteiger partial charge in [-0.3, -0.25) is 4.79 Å². The number of allylic oxidation sites excluding steroid dienone is 2. The van der Waals surface area contributed by atoms with Crippen molar-refractivity contribution in [3.63, 3.8) is 0 Å². The maximum Gasteiger partial charge on any atom is 0.227 e. The summed E-state index contributed by atoms with van der Waals surface area (Å²) in [5.41, 5.74) is 5.95. The van der Waals surface area contributed by atoms with E-state index in [9.17, 15) is 9.18 Å². The molecule has 1 aliphatic heterocycles. The van der Waals surface area contributed by atoms with Crippen LogP contribution in [-0.2, 0) is 4.79 Å². The first kappa shape index (κ1) is 23.8. The summed E-state index contributed by atoms with van der Waals surface area (Å²) in [6, 6.07) is 13.3. The van der Waals surface area contributed by atoms with E-state index in [1.54, 1.807) is 17.8 Å². The van der Waals surface area contributed by atoms with Crippen molar-refractivity contribution in [3.05, 3.63) is 70.5 Å². The molecule has 0 spiro atoms. The molecule has 174 valence electrons. The molecule has 4 rings (SSSR count). The summed E-state index contributed by atoms with van der Waals surface area (Å²) in [5.74, 6) is -0.624. The maximum absolute atomic E-state index is 14.2. The summed E-state index contributed by atoms with van der Waals surface area (Å²) in [6.45, 7) is 7.75. The van der Waals surface area contributed by atoms with E-state index in [-0.39, 0.29) is 17.6 Å². The van der Waals surface area contributed by atoms with Crippen LogP contribution in [0.4, 0.5) is 4.39 Å². The van der Waals surface area contributed by atoms with Gasteiger partial charge in [-0.05, 0) is 110 Å². The maximum atomic E-state index is 14.2. The zero-order chi connectivity index (χ0) is 23.4. The van der Waals surface area contributed by atoms with Gasteiger partial charge in [0.15, 0.2) is 0 Å². The van der Waals surface area contributed by atoms with Crippen molar-refractivity contribution in [2.45, 2.75) is 38.0 Å². The Morgan fingerprint density at radius 2 is 1.85 bits per heavy atom. The molecule has 1 N–H and O–H groups in total. The Hall–Kier alpha value is -2.37. The summed E-state index contributed by atoms with van der Waals surface area (Å²) in [7, 11) is 0. The van der Waals surface area contributed by atoms with Crippen LogP contribution in [0.2, 0.25) is 0 Å². The summed E-state index contributed by atoms with van der Waals surface area (Å²) in [5, 5.41) is 3.12. The molecule has 5 heteroatoms. The Labute approximate surface area is 201 Å². The van der Waals surface area contributed by atoms with Crippen LogP contribution in [0.5, 0.6) is 0 Å². The third-order valence-electron chi connectivity index (χ3n) is 6.80. The first-order valence-corrected chi connectivity index (χ1v) is 13.1. The highest BCUT2D eigenvalue weighted by molar-refractivity contribution is 7.98. The van der Waals surface area contributed by atoms with E-state index in [0.717, 1.165) is 53.0 Å². The molecule has 1 unspecified atom stereocenters. The predicted molar refractivity (Wildman–Crippen MR) is 138 cm³/mol. The van der Waals surface area contributed by atoms with E-state index < -0.39 is 0 Å². The Balaban J connectivity index is 1.56. The fourth-order valence-corrected chi connectivity index (χ4v) is 5.35. The van der Waals surface area contributed by atoms with Crippen molar-refractivity contribution in [2.24, 2.45) is 5.92 Å². The van der Waals surface area contributed by atoms with E-state index in [1.807, 2.05) is 19.9 Å². The van der Waals surface area contributed by atoms with Crippen LogP contribution in [0.25, 0.3) is 17.2 Å². The molecule has 0 saturated carbocycles. The van der Waals surface area contributed by atoms with Gasteiger partial charge in [0.1, 0.15) is 5.82 Å². The monoisotopic (exact) mass is 464 g/mol. The van der Waals surface area contributed by atoms with Crippen molar-refractivity contribution >= 4 is 34.9 Å². The second-order valence-electron chi connectivity index (χ2n) is 8.97. The Morgan fingerprint density at radius 3 is 2.55 bits per heavy atom.